The number of hydrogen-bond acceptors (Lipinski definition) is 4. The molecule has 0 rings (SSSR count). The van der Waals surface area contributed by atoms with E-state index in [9.17, 15) is 13.0 Å². The molecule has 0 aromatic carbocycles. The minimum absolute atomic E-state index is 0. The first kappa shape index (κ1) is 31.7. The molecule has 0 amide bonds. The smallest absolute Gasteiger partial charge is 0.726 e. The molecule has 28 heavy (non-hydrogen) atoms. The summed E-state index contributed by atoms with van der Waals surface area (Å²) in [5.41, 5.74) is 0. The van der Waals surface area contributed by atoms with Crippen LogP contribution in [0.1, 0.15) is 129 Å². The predicted octanol–water partition coefficient (Wildman–Crippen LogP) is 4.15. The average molecular weight is 445 g/mol. The van der Waals surface area contributed by atoms with E-state index in [-0.39, 0.29) is 63.9 Å². The SMILES string of the molecule is CCCCCCCCCCC(CCCCCCCCCC)COS(=O)(=O)[O-].[K+]. The van der Waals surface area contributed by atoms with Crippen molar-refractivity contribution in [3.8, 4) is 0 Å². The summed E-state index contributed by atoms with van der Waals surface area (Å²) in [7, 11) is -4.57. The molecule has 0 aliphatic carbocycles. The van der Waals surface area contributed by atoms with Gasteiger partial charge in [0.2, 0.25) is 10.4 Å². The van der Waals surface area contributed by atoms with Gasteiger partial charge in [-0.1, -0.05) is 117 Å². The van der Waals surface area contributed by atoms with E-state index in [0.29, 0.717) is 0 Å². The van der Waals surface area contributed by atoms with Gasteiger partial charge >= 0.3 is 51.4 Å². The van der Waals surface area contributed by atoms with Crippen molar-refractivity contribution < 1.29 is 68.5 Å². The molecule has 0 radical (unpaired) electrons. The Bertz CT molecular complexity index is 381. The van der Waals surface area contributed by atoms with Gasteiger partial charge < -0.3 is 4.55 Å². The van der Waals surface area contributed by atoms with E-state index in [1.165, 1.54) is 89.9 Å². The van der Waals surface area contributed by atoms with E-state index in [1.54, 1.807) is 0 Å². The van der Waals surface area contributed by atoms with Crippen LogP contribution in [0.4, 0.5) is 0 Å². The van der Waals surface area contributed by atoms with Gasteiger partial charge in [-0.15, -0.1) is 0 Å². The molecule has 4 nitrogen and oxygen atoms in total. The van der Waals surface area contributed by atoms with Crippen LogP contribution in [-0.2, 0) is 14.6 Å². The monoisotopic (exact) mass is 444 g/mol. The maximum Gasteiger partial charge on any atom is 1.00 e. The Labute approximate surface area is 218 Å². The van der Waals surface area contributed by atoms with Crippen LogP contribution in [0.5, 0.6) is 0 Å². The predicted molar refractivity (Wildman–Crippen MR) is 114 cm³/mol. The van der Waals surface area contributed by atoms with Crippen LogP contribution < -0.4 is 51.4 Å². The van der Waals surface area contributed by atoms with E-state index in [4.69, 9.17) is 0 Å². The molecule has 0 atom stereocenters. The molecule has 0 fully saturated rings. The second-order valence-electron chi connectivity index (χ2n) is 8.09. The number of hydrogen-bond donors (Lipinski definition) is 0. The zero-order valence-electron chi connectivity index (χ0n) is 19.1. The molecule has 0 spiro atoms. The Morgan fingerprint density at radius 3 is 1.29 bits per heavy atom. The molecule has 0 heterocycles. The van der Waals surface area contributed by atoms with Gasteiger partial charge in [-0.05, 0) is 18.8 Å². The van der Waals surface area contributed by atoms with Crippen molar-refractivity contribution >= 4 is 10.4 Å². The van der Waals surface area contributed by atoms with Gasteiger partial charge in [0.15, 0.2) is 0 Å². The Morgan fingerprint density at radius 1 is 0.643 bits per heavy atom. The summed E-state index contributed by atoms with van der Waals surface area (Å²) in [6.07, 6.45) is 22.2. The van der Waals surface area contributed by atoms with Gasteiger partial charge in [0, 0.05) is 0 Å². The number of rotatable bonds is 21. The first-order valence-electron chi connectivity index (χ1n) is 11.6. The summed E-state index contributed by atoms with van der Waals surface area (Å²) >= 11 is 0. The van der Waals surface area contributed by atoms with Crippen molar-refractivity contribution in [1.82, 2.24) is 0 Å². The summed E-state index contributed by atoms with van der Waals surface area (Å²) in [4.78, 5) is 0. The largest absolute Gasteiger partial charge is 1.00 e. The van der Waals surface area contributed by atoms with Crippen LogP contribution in [0.15, 0.2) is 0 Å². The zero-order valence-corrected chi connectivity index (χ0v) is 23.0. The van der Waals surface area contributed by atoms with Crippen molar-refractivity contribution in [2.75, 3.05) is 6.61 Å². The third-order valence-corrected chi connectivity index (χ3v) is 5.80. The van der Waals surface area contributed by atoms with Crippen LogP contribution >= 0.6 is 0 Å². The molecule has 0 unspecified atom stereocenters. The normalized spacial score (nSPS) is 11.7. The number of unbranched alkanes of at least 4 members (excludes halogenated alkanes) is 14. The summed E-state index contributed by atoms with van der Waals surface area (Å²) in [5.74, 6) is 0.203. The summed E-state index contributed by atoms with van der Waals surface area (Å²) in [6.45, 7) is 4.53. The molecular formula is C22H45KO4S. The van der Waals surface area contributed by atoms with E-state index in [0.717, 1.165) is 25.7 Å². The summed E-state index contributed by atoms with van der Waals surface area (Å²) in [6, 6.07) is 0. The molecule has 0 aromatic heterocycles. The van der Waals surface area contributed by atoms with E-state index < -0.39 is 10.4 Å². The standard InChI is InChI=1S/C22H46O4S.K/c1-3-5-7-9-11-13-15-17-19-22(21-26-27(23,24)25)20-18-16-14-12-10-8-6-4-2;/h22H,3-21H2,1-2H3,(H,23,24,25);/q;+1/p-1. The first-order chi connectivity index (χ1) is 13.0. The topological polar surface area (TPSA) is 66.4 Å². The van der Waals surface area contributed by atoms with Crippen LogP contribution in [-0.4, -0.2) is 19.6 Å². The maximum absolute atomic E-state index is 10.8. The van der Waals surface area contributed by atoms with Crippen molar-refractivity contribution in [3.63, 3.8) is 0 Å². The van der Waals surface area contributed by atoms with Gasteiger partial charge in [-0.2, -0.15) is 0 Å². The van der Waals surface area contributed by atoms with Crippen molar-refractivity contribution in [3.05, 3.63) is 0 Å². The minimum Gasteiger partial charge on any atom is -0.726 e. The van der Waals surface area contributed by atoms with Crippen molar-refractivity contribution in [2.24, 2.45) is 5.92 Å². The molecule has 164 valence electrons. The Balaban J connectivity index is 0. The molecule has 0 saturated heterocycles. The minimum atomic E-state index is -4.57. The van der Waals surface area contributed by atoms with Crippen LogP contribution in [0.3, 0.4) is 0 Å². The van der Waals surface area contributed by atoms with Crippen LogP contribution in [0.25, 0.3) is 0 Å². The fourth-order valence-electron chi connectivity index (χ4n) is 3.62. The Hall–Kier alpha value is 1.51. The molecule has 0 aliphatic heterocycles. The molecule has 0 bridgehead atoms. The second-order valence-corrected chi connectivity index (χ2v) is 9.14. The Morgan fingerprint density at radius 2 is 0.964 bits per heavy atom. The molecule has 0 saturated carbocycles. The van der Waals surface area contributed by atoms with Crippen LogP contribution in [0.2, 0.25) is 0 Å². The van der Waals surface area contributed by atoms with Crippen LogP contribution in [0, 0.1) is 5.92 Å². The second kappa shape index (κ2) is 23.2. The molecular weight excluding hydrogens is 399 g/mol. The van der Waals surface area contributed by atoms with Crippen molar-refractivity contribution in [2.45, 2.75) is 129 Å². The Kier molecular flexibility index (Phi) is 26.2. The zero-order chi connectivity index (χ0) is 20.2. The quantitative estimate of drug-likeness (QED) is 0.115. The summed E-state index contributed by atoms with van der Waals surface area (Å²) < 4.78 is 36.8. The molecule has 0 aliphatic rings. The van der Waals surface area contributed by atoms with Crippen molar-refractivity contribution in [1.29, 1.82) is 0 Å². The average Bonchev–Trinajstić information content (AvgIpc) is 2.62. The molecule has 6 heteroatoms. The van der Waals surface area contributed by atoms with Gasteiger partial charge in [-0.25, -0.2) is 8.42 Å². The summed E-state index contributed by atoms with van der Waals surface area (Å²) in [5, 5.41) is 0. The van der Waals surface area contributed by atoms with Gasteiger partial charge in [0.05, 0.1) is 6.61 Å². The molecule has 0 N–H and O–H groups in total. The van der Waals surface area contributed by atoms with E-state index in [1.807, 2.05) is 0 Å². The van der Waals surface area contributed by atoms with E-state index >= 15 is 0 Å². The maximum atomic E-state index is 10.8. The van der Waals surface area contributed by atoms with Gasteiger partial charge in [0.25, 0.3) is 0 Å². The van der Waals surface area contributed by atoms with Gasteiger partial charge in [0.1, 0.15) is 0 Å². The third-order valence-electron chi connectivity index (χ3n) is 5.38. The molecule has 0 aromatic rings. The fraction of sp³-hybridized carbons (Fsp3) is 1.00. The van der Waals surface area contributed by atoms with Gasteiger partial charge in [-0.3, -0.25) is 4.18 Å². The third kappa shape index (κ3) is 25.5. The van der Waals surface area contributed by atoms with E-state index in [2.05, 4.69) is 18.0 Å². The first-order valence-corrected chi connectivity index (χ1v) is 12.9. The fourth-order valence-corrected chi connectivity index (χ4v) is 3.98.